The van der Waals surface area contributed by atoms with Crippen LogP contribution >= 0.6 is 11.6 Å². The van der Waals surface area contributed by atoms with Crippen molar-refractivity contribution in [1.29, 1.82) is 0 Å². The fourth-order valence-electron chi connectivity index (χ4n) is 3.77. The van der Waals surface area contributed by atoms with Gasteiger partial charge in [-0.1, -0.05) is 6.08 Å². The summed E-state index contributed by atoms with van der Waals surface area (Å²) in [5.74, 6) is 0.121. The van der Waals surface area contributed by atoms with Crippen LogP contribution in [0.3, 0.4) is 0 Å². The number of carbonyl (C=O) groups excluding carboxylic acids is 1. The molecule has 1 aromatic carbocycles. The summed E-state index contributed by atoms with van der Waals surface area (Å²) >= 11 is 4.76. The van der Waals surface area contributed by atoms with E-state index in [0.29, 0.717) is 41.3 Å². The normalized spacial score (nSPS) is 19.0. The lowest BCUT2D eigenvalue weighted by Crippen LogP contribution is -2.34. The SMILES string of the molecule is NC12C=C1CN(c1ncc(C(=O)Nc3ccc(OC(F)(F)Cl)cc3)cc1-c1cncnc1)C2. The average Bonchev–Trinajstić information content (AvgIpc) is 3.30. The van der Waals surface area contributed by atoms with Crippen molar-refractivity contribution in [3.8, 4) is 16.9 Å². The molecule has 11 heteroatoms. The highest BCUT2D eigenvalue weighted by Crippen LogP contribution is 2.42. The maximum Gasteiger partial charge on any atom is 0.487 e. The van der Waals surface area contributed by atoms with E-state index in [0.717, 1.165) is 0 Å². The molecule has 0 spiro atoms. The van der Waals surface area contributed by atoms with Gasteiger partial charge in [0.15, 0.2) is 0 Å². The van der Waals surface area contributed by atoms with E-state index in [9.17, 15) is 13.6 Å². The van der Waals surface area contributed by atoms with Gasteiger partial charge in [-0.25, -0.2) is 15.0 Å². The standard InChI is InChI=1S/C22H17ClF2N6O2/c23-22(24,25)33-17-3-1-16(2-4-17)30-20(32)13-5-18(14-7-27-12-28-8-14)19(29-9-13)31-10-15-6-21(15,26)11-31/h1-9,12H,10-11,26H2,(H,30,32). The molecule has 0 bridgehead atoms. The molecule has 0 saturated carbocycles. The number of amides is 1. The Kier molecular flexibility index (Phi) is 4.98. The first-order chi connectivity index (χ1) is 15.7. The quantitative estimate of drug-likeness (QED) is 0.420. The highest BCUT2D eigenvalue weighted by atomic mass is 35.5. The minimum Gasteiger partial charge on any atom is -0.420 e. The number of halogens is 3. The largest absolute Gasteiger partial charge is 0.487 e. The monoisotopic (exact) mass is 470 g/mol. The van der Waals surface area contributed by atoms with Crippen LogP contribution < -0.4 is 20.7 Å². The Labute approximate surface area is 192 Å². The van der Waals surface area contributed by atoms with Gasteiger partial charge in [0.2, 0.25) is 0 Å². The molecule has 8 nitrogen and oxygen atoms in total. The van der Waals surface area contributed by atoms with E-state index >= 15 is 0 Å². The first-order valence-corrected chi connectivity index (χ1v) is 10.3. The van der Waals surface area contributed by atoms with Gasteiger partial charge in [-0.05, 0) is 35.9 Å². The highest BCUT2D eigenvalue weighted by Gasteiger charge is 2.48. The van der Waals surface area contributed by atoms with Gasteiger partial charge in [-0.3, -0.25) is 4.79 Å². The predicted molar refractivity (Wildman–Crippen MR) is 118 cm³/mol. The minimum atomic E-state index is -3.81. The molecule has 1 unspecified atom stereocenters. The molecule has 2 aromatic heterocycles. The molecule has 1 atom stereocenters. The molecule has 1 aliphatic carbocycles. The number of pyridine rings is 1. The van der Waals surface area contributed by atoms with Crippen LogP contribution in [-0.4, -0.2) is 45.1 Å². The van der Waals surface area contributed by atoms with Gasteiger partial charge in [-0.2, -0.15) is 0 Å². The van der Waals surface area contributed by atoms with Gasteiger partial charge in [0.05, 0.1) is 11.1 Å². The van der Waals surface area contributed by atoms with Crippen molar-refractivity contribution in [1.82, 2.24) is 15.0 Å². The van der Waals surface area contributed by atoms with Gasteiger partial charge in [0.25, 0.3) is 5.91 Å². The molecule has 5 rings (SSSR count). The van der Waals surface area contributed by atoms with Crippen molar-refractivity contribution in [2.45, 2.75) is 11.1 Å². The summed E-state index contributed by atoms with van der Waals surface area (Å²) in [6.45, 7) is 1.28. The molecule has 1 fully saturated rings. The van der Waals surface area contributed by atoms with Gasteiger partial charge < -0.3 is 20.7 Å². The molecule has 1 aliphatic heterocycles. The second kappa shape index (κ2) is 7.75. The minimum absolute atomic E-state index is 0.137. The van der Waals surface area contributed by atoms with Crippen molar-refractivity contribution in [3.63, 3.8) is 0 Å². The smallest absolute Gasteiger partial charge is 0.420 e. The number of fused-ring (bicyclic) bond motifs is 1. The highest BCUT2D eigenvalue weighted by molar-refractivity contribution is 6.20. The number of nitrogens with one attached hydrogen (secondary N) is 1. The van der Waals surface area contributed by atoms with Gasteiger partial charge >= 0.3 is 5.57 Å². The van der Waals surface area contributed by atoms with Crippen LogP contribution in [0.15, 0.2) is 66.9 Å². The van der Waals surface area contributed by atoms with E-state index < -0.39 is 11.5 Å². The van der Waals surface area contributed by atoms with E-state index in [2.05, 4.69) is 29.9 Å². The molecular formula is C22H17ClF2N6O2. The lowest BCUT2D eigenvalue weighted by molar-refractivity contribution is -0.0964. The lowest BCUT2D eigenvalue weighted by Gasteiger charge is -2.22. The number of carbonyl (C=O) groups is 1. The molecule has 33 heavy (non-hydrogen) atoms. The van der Waals surface area contributed by atoms with E-state index in [1.54, 1.807) is 18.5 Å². The van der Waals surface area contributed by atoms with Crippen LogP contribution in [0.5, 0.6) is 5.75 Å². The number of aromatic nitrogens is 3. The zero-order valence-corrected chi connectivity index (χ0v) is 17.8. The van der Waals surface area contributed by atoms with Gasteiger partial charge in [0.1, 0.15) is 17.9 Å². The molecule has 3 heterocycles. The summed E-state index contributed by atoms with van der Waals surface area (Å²) in [6, 6.07) is 7.11. The van der Waals surface area contributed by atoms with Crippen LogP contribution in [0.2, 0.25) is 0 Å². The molecule has 3 N–H and O–H groups in total. The van der Waals surface area contributed by atoms with Crippen molar-refractivity contribution in [3.05, 3.63) is 72.5 Å². The molecule has 0 radical (unpaired) electrons. The van der Waals surface area contributed by atoms with Crippen molar-refractivity contribution < 1.29 is 18.3 Å². The van der Waals surface area contributed by atoms with Crippen molar-refractivity contribution in [2.24, 2.45) is 5.73 Å². The second-order valence-corrected chi connectivity index (χ2v) is 8.25. The van der Waals surface area contributed by atoms with Crippen LogP contribution in [0.25, 0.3) is 11.1 Å². The summed E-state index contributed by atoms with van der Waals surface area (Å²) in [6.07, 6.45) is 8.24. The third kappa shape index (κ3) is 4.48. The van der Waals surface area contributed by atoms with Crippen LogP contribution in [0.4, 0.5) is 20.3 Å². The Morgan fingerprint density at radius 1 is 1.21 bits per heavy atom. The fourth-order valence-corrected chi connectivity index (χ4v) is 3.86. The average molecular weight is 471 g/mol. The first-order valence-electron chi connectivity index (χ1n) is 9.89. The molecule has 1 saturated heterocycles. The molecular weight excluding hydrogens is 454 g/mol. The third-order valence-electron chi connectivity index (χ3n) is 5.41. The number of benzene rings is 1. The molecule has 3 aromatic rings. The number of hydrogen-bond donors (Lipinski definition) is 2. The second-order valence-electron chi connectivity index (χ2n) is 7.81. The number of alkyl halides is 3. The number of hydrogen-bond acceptors (Lipinski definition) is 7. The Morgan fingerprint density at radius 3 is 2.58 bits per heavy atom. The van der Waals surface area contributed by atoms with Crippen molar-refractivity contribution in [2.75, 3.05) is 23.3 Å². The fraction of sp³-hybridized carbons (Fsp3) is 0.182. The van der Waals surface area contributed by atoms with E-state index in [4.69, 9.17) is 17.3 Å². The Balaban J connectivity index is 1.39. The summed E-state index contributed by atoms with van der Waals surface area (Å²) in [5, 5.41) is 2.71. The van der Waals surface area contributed by atoms with E-state index in [1.165, 1.54) is 42.4 Å². The van der Waals surface area contributed by atoms with E-state index in [-0.39, 0.29) is 11.3 Å². The summed E-state index contributed by atoms with van der Waals surface area (Å²) in [4.78, 5) is 27.6. The lowest BCUT2D eigenvalue weighted by atomic mass is 10.1. The van der Waals surface area contributed by atoms with Gasteiger partial charge in [-0.15, -0.1) is 8.78 Å². The summed E-state index contributed by atoms with van der Waals surface area (Å²) in [5.41, 5.74) is 5.34. The molecule has 1 amide bonds. The Bertz CT molecular complexity index is 1250. The number of anilines is 2. The maximum atomic E-state index is 12.9. The first kappa shape index (κ1) is 21.2. The Morgan fingerprint density at radius 2 is 1.94 bits per heavy atom. The van der Waals surface area contributed by atoms with Crippen LogP contribution in [0, 0.1) is 0 Å². The topological polar surface area (TPSA) is 106 Å². The zero-order valence-electron chi connectivity index (χ0n) is 17.0. The molecule has 2 aliphatic rings. The zero-order chi connectivity index (χ0) is 23.2. The third-order valence-corrected chi connectivity index (χ3v) is 5.48. The number of ether oxygens (including phenoxy) is 1. The number of nitrogens with zero attached hydrogens (tertiary/aromatic N) is 4. The number of nitrogens with two attached hydrogens (primary N) is 1. The summed E-state index contributed by atoms with van der Waals surface area (Å²) in [7, 11) is 0. The van der Waals surface area contributed by atoms with E-state index in [1.807, 2.05) is 6.08 Å². The van der Waals surface area contributed by atoms with Gasteiger partial charge in [0, 0.05) is 60.1 Å². The molecule has 168 valence electrons. The Hall–Kier alpha value is -3.63. The number of rotatable bonds is 6. The summed E-state index contributed by atoms with van der Waals surface area (Å²) < 4.78 is 29.8. The maximum absolute atomic E-state index is 12.9. The van der Waals surface area contributed by atoms with Crippen LogP contribution in [0.1, 0.15) is 10.4 Å². The predicted octanol–water partition coefficient (Wildman–Crippen LogP) is 3.42. The van der Waals surface area contributed by atoms with Crippen molar-refractivity contribution >= 4 is 29.0 Å². The van der Waals surface area contributed by atoms with Crippen LogP contribution in [-0.2, 0) is 0 Å².